The van der Waals surface area contributed by atoms with Crippen LogP contribution in [-0.2, 0) is 16.0 Å². The lowest BCUT2D eigenvalue weighted by Crippen LogP contribution is -2.37. The topological polar surface area (TPSA) is 80.3 Å². The van der Waals surface area contributed by atoms with E-state index >= 15 is 0 Å². The van der Waals surface area contributed by atoms with Gasteiger partial charge in [0.2, 0.25) is 11.8 Å². The fourth-order valence-corrected chi connectivity index (χ4v) is 3.02. The van der Waals surface area contributed by atoms with E-state index in [2.05, 4.69) is 15.6 Å². The number of aromatic nitrogens is 1. The third-order valence-corrected chi connectivity index (χ3v) is 4.25. The minimum Gasteiger partial charge on any atom is -0.493 e. The highest BCUT2D eigenvalue weighted by Gasteiger charge is 2.13. The van der Waals surface area contributed by atoms with E-state index in [1.807, 2.05) is 43.5 Å². The Kier molecular flexibility index (Phi) is 7.40. The molecule has 2 rings (SSSR count). The molecular formula is C18H23N3O3S. The van der Waals surface area contributed by atoms with Crippen molar-refractivity contribution in [3.8, 4) is 16.3 Å². The Morgan fingerprint density at radius 2 is 1.96 bits per heavy atom. The van der Waals surface area contributed by atoms with Gasteiger partial charge in [-0.3, -0.25) is 9.59 Å². The molecule has 0 unspecified atom stereocenters. The van der Waals surface area contributed by atoms with Gasteiger partial charge in [0.25, 0.3) is 0 Å². The number of ether oxygens (including phenoxy) is 1. The molecule has 2 N–H and O–H groups in total. The van der Waals surface area contributed by atoms with E-state index in [1.54, 1.807) is 0 Å². The van der Waals surface area contributed by atoms with E-state index in [9.17, 15) is 9.59 Å². The molecule has 1 aromatic heterocycles. The lowest BCUT2D eigenvalue weighted by atomic mass is 10.2. The van der Waals surface area contributed by atoms with Gasteiger partial charge in [0, 0.05) is 11.9 Å². The van der Waals surface area contributed by atoms with Crippen molar-refractivity contribution in [2.45, 2.75) is 26.7 Å². The van der Waals surface area contributed by atoms with Crippen LogP contribution in [0.4, 0.5) is 0 Å². The highest BCUT2D eigenvalue weighted by Crippen LogP contribution is 2.32. The van der Waals surface area contributed by atoms with Gasteiger partial charge >= 0.3 is 0 Å². The molecule has 0 aliphatic carbocycles. The van der Waals surface area contributed by atoms with Crippen molar-refractivity contribution in [1.82, 2.24) is 15.6 Å². The second-order valence-corrected chi connectivity index (χ2v) is 6.23. The zero-order chi connectivity index (χ0) is 18.1. The fraction of sp³-hybridized carbons (Fsp3) is 0.389. The first kappa shape index (κ1) is 18.9. The van der Waals surface area contributed by atoms with E-state index in [0.29, 0.717) is 18.8 Å². The van der Waals surface area contributed by atoms with E-state index in [0.717, 1.165) is 22.7 Å². The summed E-state index contributed by atoms with van der Waals surface area (Å²) in [6.07, 6.45) is 1.01. The van der Waals surface area contributed by atoms with Crippen molar-refractivity contribution >= 4 is 23.2 Å². The molecule has 0 saturated carbocycles. The summed E-state index contributed by atoms with van der Waals surface area (Å²) in [6.45, 7) is 5.09. The van der Waals surface area contributed by atoms with Gasteiger partial charge in [0.1, 0.15) is 10.8 Å². The molecule has 25 heavy (non-hydrogen) atoms. The number of thiazole rings is 1. The van der Waals surface area contributed by atoms with Crippen molar-refractivity contribution in [2.75, 3.05) is 19.7 Å². The lowest BCUT2D eigenvalue weighted by molar-refractivity contribution is -0.125. The summed E-state index contributed by atoms with van der Waals surface area (Å²) >= 11 is 1.47. The molecular weight excluding hydrogens is 338 g/mol. The summed E-state index contributed by atoms with van der Waals surface area (Å²) in [4.78, 5) is 28.0. The van der Waals surface area contributed by atoms with Crippen LogP contribution < -0.4 is 15.4 Å². The summed E-state index contributed by atoms with van der Waals surface area (Å²) in [7, 11) is 0. The highest BCUT2D eigenvalue weighted by molar-refractivity contribution is 7.13. The van der Waals surface area contributed by atoms with Crippen LogP contribution in [0.3, 0.4) is 0 Å². The molecule has 2 aromatic rings. The second-order valence-electron chi connectivity index (χ2n) is 5.38. The molecule has 1 aromatic carbocycles. The highest BCUT2D eigenvalue weighted by atomic mass is 32.1. The maximum Gasteiger partial charge on any atom is 0.239 e. The molecule has 0 spiro atoms. The monoisotopic (exact) mass is 361 g/mol. The van der Waals surface area contributed by atoms with Gasteiger partial charge < -0.3 is 15.4 Å². The Morgan fingerprint density at radius 1 is 1.16 bits per heavy atom. The SMILES string of the molecule is CCCNC(=O)CNC(=O)Cc1csc(-c2ccccc2OCC)n1. The summed E-state index contributed by atoms with van der Waals surface area (Å²) < 4.78 is 5.62. The van der Waals surface area contributed by atoms with Gasteiger partial charge in [-0.2, -0.15) is 0 Å². The standard InChI is InChI=1S/C18H23N3O3S/c1-3-9-19-17(23)11-20-16(22)10-13-12-25-18(21-13)14-7-5-6-8-15(14)24-4-2/h5-8,12H,3-4,9-11H2,1-2H3,(H,19,23)(H,20,22). The lowest BCUT2D eigenvalue weighted by Gasteiger charge is -2.07. The van der Waals surface area contributed by atoms with Crippen LogP contribution in [-0.4, -0.2) is 36.5 Å². The first-order valence-electron chi connectivity index (χ1n) is 8.34. The normalized spacial score (nSPS) is 10.3. The van der Waals surface area contributed by atoms with Crippen molar-refractivity contribution in [3.63, 3.8) is 0 Å². The number of hydrogen-bond acceptors (Lipinski definition) is 5. The average molecular weight is 361 g/mol. The van der Waals surface area contributed by atoms with Crippen molar-refractivity contribution < 1.29 is 14.3 Å². The van der Waals surface area contributed by atoms with Crippen LogP contribution in [0.25, 0.3) is 10.6 Å². The number of carbonyl (C=O) groups excluding carboxylic acids is 2. The van der Waals surface area contributed by atoms with Gasteiger partial charge in [-0.1, -0.05) is 19.1 Å². The smallest absolute Gasteiger partial charge is 0.239 e. The minimum absolute atomic E-state index is 0.0109. The van der Waals surface area contributed by atoms with Crippen LogP contribution in [0.2, 0.25) is 0 Å². The van der Waals surface area contributed by atoms with E-state index in [4.69, 9.17) is 4.74 Å². The third-order valence-electron chi connectivity index (χ3n) is 3.33. The first-order valence-corrected chi connectivity index (χ1v) is 9.22. The average Bonchev–Trinajstić information content (AvgIpc) is 3.07. The number of nitrogens with one attached hydrogen (secondary N) is 2. The molecule has 134 valence electrons. The molecule has 2 amide bonds. The Labute approximate surface area is 151 Å². The van der Waals surface area contributed by atoms with Crippen LogP contribution in [0.15, 0.2) is 29.6 Å². The first-order chi connectivity index (χ1) is 12.1. The Morgan fingerprint density at radius 3 is 2.72 bits per heavy atom. The predicted octanol–water partition coefficient (Wildman–Crippen LogP) is 2.39. The molecule has 7 heteroatoms. The molecule has 0 bridgehead atoms. The third kappa shape index (κ3) is 5.86. The summed E-state index contributed by atoms with van der Waals surface area (Å²) in [6, 6.07) is 7.70. The zero-order valence-corrected chi connectivity index (χ0v) is 15.3. The molecule has 6 nitrogen and oxygen atoms in total. The molecule has 0 radical (unpaired) electrons. The quantitative estimate of drug-likeness (QED) is 0.719. The van der Waals surface area contributed by atoms with Gasteiger partial charge in [-0.15, -0.1) is 11.3 Å². The number of carbonyl (C=O) groups is 2. The minimum atomic E-state index is -0.221. The van der Waals surface area contributed by atoms with Crippen LogP contribution in [0, 0.1) is 0 Å². The van der Waals surface area contributed by atoms with Crippen molar-refractivity contribution in [2.24, 2.45) is 0 Å². The number of amides is 2. The maximum atomic E-state index is 12.0. The van der Waals surface area contributed by atoms with Gasteiger partial charge in [-0.25, -0.2) is 4.98 Å². The van der Waals surface area contributed by atoms with E-state index in [-0.39, 0.29) is 24.8 Å². The van der Waals surface area contributed by atoms with Gasteiger partial charge in [0.05, 0.1) is 30.8 Å². The maximum absolute atomic E-state index is 12.0. The van der Waals surface area contributed by atoms with Crippen molar-refractivity contribution in [3.05, 3.63) is 35.3 Å². The zero-order valence-electron chi connectivity index (χ0n) is 14.5. The summed E-state index contributed by atoms with van der Waals surface area (Å²) in [5.74, 6) is 0.379. The van der Waals surface area contributed by atoms with Gasteiger partial charge in [0.15, 0.2) is 0 Å². The van der Waals surface area contributed by atoms with Crippen molar-refractivity contribution in [1.29, 1.82) is 0 Å². The van der Waals surface area contributed by atoms with E-state index in [1.165, 1.54) is 11.3 Å². The molecule has 0 aliphatic rings. The number of para-hydroxylation sites is 1. The Hall–Kier alpha value is -2.41. The Bertz CT molecular complexity index is 715. The fourth-order valence-electron chi connectivity index (χ4n) is 2.17. The molecule has 0 fully saturated rings. The number of rotatable bonds is 9. The van der Waals surface area contributed by atoms with Crippen LogP contribution in [0.5, 0.6) is 5.75 Å². The van der Waals surface area contributed by atoms with E-state index < -0.39 is 0 Å². The largest absolute Gasteiger partial charge is 0.493 e. The number of hydrogen-bond donors (Lipinski definition) is 2. The number of benzene rings is 1. The van der Waals surface area contributed by atoms with Crippen LogP contribution >= 0.6 is 11.3 Å². The van der Waals surface area contributed by atoms with Crippen LogP contribution in [0.1, 0.15) is 26.0 Å². The second kappa shape index (κ2) is 9.78. The summed E-state index contributed by atoms with van der Waals surface area (Å²) in [5, 5.41) is 7.99. The molecule has 0 saturated heterocycles. The summed E-state index contributed by atoms with van der Waals surface area (Å²) in [5.41, 5.74) is 1.60. The predicted molar refractivity (Wildman–Crippen MR) is 98.7 cm³/mol. The van der Waals surface area contributed by atoms with Gasteiger partial charge in [-0.05, 0) is 25.5 Å². The molecule has 0 aliphatic heterocycles. The molecule has 0 atom stereocenters. The number of nitrogens with zero attached hydrogens (tertiary/aromatic N) is 1. The Balaban J connectivity index is 1.93. The molecule has 1 heterocycles.